The molecule has 0 spiro atoms. The van der Waals surface area contributed by atoms with Gasteiger partial charge in [0.2, 0.25) is 17.7 Å². The molecule has 4 amide bonds. The Morgan fingerprint density at radius 1 is 0.899 bits per heavy atom. The Balaban J connectivity index is 0.777. The van der Waals surface area contributed by atoms with Crippen LogP contribution in [0.2, 0.25) is 0 Å². The molecule has 1 aliphatic rings. The van der Waals surface area contributed by atoms with Gasteiger partial charge in [-0.1, -0.05) is 45.0 Å². The molecule has 4 N–H and O–H groups in total. The first-order valence-corrected chi connectivity index (χ1v) is 23.5. The summed E-state index contributed by atoms with van der Waals surface area (Å²) in [6.07, 6.45) is -2.98. The molecule has 3 aromatic carbocycles. The third-order valence-electron chi connectivity index (χ3n) is 11.7. The molecule has 4 heterocycles. The SMILES string of the molecule is Cc1ncsc1-c1ccc(CNC(=O)[C@@H]2C[C@@H](O)CN2C(=O)C(NC(=O)COCCCOCCOCCNC(=O)c2ccc3c(c2)c2cn(C)nc2n3-c2ccc(C(F)(F)F)cc2)C(C)(C)C)cc1. The Hall–Kier alpha value is -6.19. The van der Waals surface area contributed by atoms with Gasteiger partial charge in [0.05, 0.1) is 53.1 Å². The van der Waals surface area contributed by atoms with Crippen LogP contribution in [0.3, 0.4) is 0 Å². The lowest BCUT2D eigenvalue weighted by Crippen LogP contribution is -2.58. The van der Waals surface area contributed by atoms with Crippen molar-refractivity contribution in [2.45, 2.75) is 71.4 Å². The van der Waals surface area contributed by atoms with Crippen molar-refractivity contribution in [1.29, 1.82) is 0 Å². The maximum absolute atomic E-state index is 13.9. The number of alkyl halides is 3. The normalized spacial score (nSPS) is 15.8. The Bertz CT molecular complexity index is 2750. The third-order valence-corrected chi connectivity index (χ3v) is 12.7. The van der Waals surface area contributed by atoms with Gasteiger partial charge in [0.1, 0.15) is 18.7 Å². The first kappa shape index (κ1) is 50.7. The summed E-state index contributed by atoms with van der Waals surface area (Å²) in [7, 11) is 1.75. The molecule has 3 atom stereocenters. The van der Waals surface area contributed by atoms with E-state index >= 15 is 0 Å². The minimum Gasteiger partial charge on any atom is -0.391 e. The van der Waals surface area contributed by atoms with E-state index in [4.69, 9.17) is 14.2 Å². The van der Waals surface area contributed by atoms with E-state index in [1.807, 2.05) is 52.0 Å². The van der Waals surface area contributed by atoms with Gasteiger partial charge >= 0.3 is 6.18 Å². The smallest absolute Gasteiger partial charge is 0.391 e. The molecule has 0 aliphatic carbocycles. The summed E-state index contributed by atoms with van der Waals surface area (Å²) < 4.78 is 59.8. The van der Waals surface area contributed by atoms with Crippen molar-refractivity contribution in [2.24, 2.45) is 12.5 Å². The zero-order valence-corrected chi connectivity index (χ0v) is 39.9. The average Bonchev–Trinajstić information content (AvgIpc) is 4.09. The van der Waals surface area contributed by atoms with E-state index in [9.17, 15) is 37.5 Å². The van der Waals surface area contributed by atoms with Crippen LogP contribution in [0.25, 0.3) is 38.1 Å². The Labute approximate surface area is 401 Å². The van der Waals surface area contributed by atoms with Gasteiger partial charge in [-0.05, 0) is 72.4 Å². The van der Waals surface area contributed by atoms with E-state index in [1.54, 1.807) is 57.5 Å². The highest BCUT2D eigenvalue weighted by atomic mass is 32.1. The largest absolute Gasteiger partial charge is 0.416 e. The number of rotatable bonds is 20. The quantitative estimate of drug-likeness (QED) is 0.0666. The van der Waals surface area contributed by atoms with Gasteiger partial charge in [0, 0.05) is 74.5 Å². The number of nitrogens with zero attached hydrogens (tertiary/aromatic N) is 5. The van der Waals surface area contributed by atoms with Crippen molar-refractivity contribution in [3.8, 4) is 16.1 Å². The average molecular weight is 975 g/mol. The number of hydrogen-bond donors (Lipinski definition) is 4. The summed E-state index contributed by atoms with van der Waals surface area (Å²) in [4.78, 5) is 60.1. The van der Waals surface area contributed by atoms with E-state index in [2.05, 4.69) is 26.0 Å². The van der Waals surface area contributed by atoms with E-state index < -0.39 is 47.2 Å². The number of hydrogen-bond acceptors (Lipinski definition) is 11. The lowest BCUT2D eigenvalue weighted by molar-refractivity contribution is -0.144. The number of halogens is 3. The predicted molar refractivity (Wildman–Crippen MR) is 254 cm³/mol. The molecular formula is C49H57F3N8O8S. The number of fused-ring (bicyclic) bond motifs is 3. The van der Waals surface area contributed by atoms with Gasteiger partial charge in [-0.3, -0.25) is 28.4 Å². The number of benzene rings is 3. The van der Waals surface area contributed by atoms with Crippen LogP contribution >= 0.6 is 11.3 Å². The van der Waals surface area contributed by atoms with Gasteiger partial charge in [0.25, 0.3) is 5.91 Å². The van der Waals surface area contributed by atoms with E-state index in [1.165, 1.54) is 17.0 Å². The molecule has 0 bridgehead atoms. The summed E-state index contributed by atoms with van der Waals surface area (Å²) in [6, 6.07) is 15.9. The van der Waals surface area contributed by atoms with Crippen LogP contribution < -0.4 is 16.0 Å². The maximum atomic E-state index is 13.9. The molecule has 1 unspecified atom stereocenters. The lowest BCUT2D eigenvalue weighted by atomic mass is 9.85. The highest BCUT2D eigenvalue weighted by Crippen LogP contribution is 2.35. The molecule has 6 aromatic rings. The molecule has 0 radical (unpaired) electrons. The summed E-state index contributed by atoms with van der Waals surface area (Å²) in [5.41, 5.74) is 5.35. The van der Waals surface area contributed by atoms with Crippen molar-refractivity contribution >= 4 is 56.9 Å². The number of likely N-dealkylation sites (tertiary alicyclic amines) is 1. The van der Waals surface area contributed by atoms with Crippen LogP contribution in [0.1, 0.15) is 60.8 Å². The topological polar surface area (TPSA) is 191 Å². The molecule has 1 aliphatic heterocycles. The standard InChI is InChI=1S/C49H57F3N8O8S/c1-30-42(69-29-55-30)32-9-7-31(8-10-32)25-54-46(64)40-24-36(61)26-59(40)47(65)43(48(2,3)4)56-41(62)28-68-19-6-18-66-21-22-67-20-17-53-45(63)33-11-16-39-37(23-33)38-27-58(5)57-44(38)60(39)35-14-12-34(13-15-35)49(50,51)52/h7-16,23,27,29,36,40,43,61H,6,17-22,24-26,28H2,1-5H3,(H,53,63)(H,54,64)(H,56,62)/t36-,40+,43?/m1/s1. The molecule has 20 heteroatoms. The fourth-order valence-electron chi connectivity index (χ4n) is 8.17. The molecule has 16 nitrogen and oxygen atoms in total. The Morgan fingerprint density at radius 2 is 1.61 bits per heavy atom. The first-order chi connectivity index (χ1) is 32.9. The van der Waals surface area contributed by atoms with Gasteiger partial charge in [-0.25, -0.2) is 4.98 Å². The fraction of sp³-hybridized carbons (Fsp3) is 0.429. The number of thiazole rings is 1. The zero-order chi connectivity index (χ0) is 49.5. The van der Waals surface area contributed by atoms with Gasteiger partial charge in [-0.15, -0.1) is 11.3 Å². The monoisotopic (exact) mass is 974 g/mol. The number of aliphatic hydroxyl groups is 1. The number of nitrogens with one attached hydrogen (secondary N) is 3. The van der Waals surface area contributed by atoms with Gasteiger partial charge < -0.3 is 40.2 Å². The zero-order valence-electron chi connectivity index (χ0n) is 39.1. The molecular weight excluding hydrogens is 918 g/mol. The minimum absolute atomic E-state index is 0.0350. The second-order valence-electron chi connectivity index (χ2n) is 18.0. The number of aryl methyl sites for hydroxylation is 2. The van der Waals surface area contributed by atoms with Crippen LogP contribution in [-0.2, 0) is 48.4 Å². The summed E-state index contributed by atoms with van der Waals surface area (Å²) in [5.74, 6) is -1.67. The second-order valence-corrected chi connectivity index (χ2v) is 18.8. The second kappa shape index (κ2) is 22.1. The predicted octanol–water partition coefficient (Wildman–Crippen LogP) is 5.95. The van der Waals surface area contributed by atoms with E-state index in [-0.39, 0.29) is 64.3 Å². The van der Waals surface area contributed by atoms with Crippen molar-refractivity contribution in [1.82, 2.24) is 40.2 Å². The molecule has 69 heavy (non-hydrogen) atoms. The van der Waals surface area contributed by atoms with Crippen LogP contribution in [0.5, 0.6) is 0 Å². The summed E-state index contributed by atoms with van der Waals surface area (Å²) in [6.45, 7) is 8.92. The first-order valence-electron chi connectivity index (χ1n) is 22.6. The molecule has 0 saturated carbocycles. The molecule has 1 saturated heterocycles. The van der Waals surface area contributed by atoms with Crippen LogP contribution in [-0.4, -0.2) is 124 Å². The Kier molecular flexibility index (Phi) is 16.2. The number of aliphatic hydroxyl groups excluding tert-OH is 1. The number of carbonyl (C=O) groups excluding carboxylic acids is 4. The highest BCUT2D eigenvalue weighted by Gasteiger charge is 2.44. The minimum atomic E-state index is -4.46. The van der Waals surface area contributed by atoms with Crippen LogP contribution in [0, 0.1) is 12.3 Å². The maximum Gasteiger partial charge on any atom is 0.416 e. The fourth-order valence-corrected chi connectivity index (χ4v) is 8.98. The van der Waals surface area contributed by atoms with Crippen molar-refractivity contribution in [2.75, 3.05) is 52.7 Å². The number of amides is 4. The molecule has 368 valence electrons. The van der Waals surface area contributed by atoms with Crippen LogP contribution in [0.4, 0.5) is 13.2 Å². The van der Waals surface area contributed by atoms with Gasteiger partial charge in [0.15, 0.2) is 5.65 Å². The molecule has 3 aromatic heterocycles. The van der Waals surface area contributed by atoms with Crippen molar-refractivity contribution in [3.63, 3.8) is 0 Å². The summed E-state index contributed by atoms with van der Waals surface area (Å²) >= 11 is 1.56. The van der Waals surface area contributed by atoms with E-state index in [0.717, 1.165) is 44.6 Å². The van der Waals surface area contributed by atoms with Crippen molar-refractivity contribution < 1.29 is 51.7 Å². The van der Waals surface area contributed by atoms with E-state index in [0.29, 0.717) is 42.0 Å². The number of aromatic nitrogens is 4. The Morgan fingerprint density at radius 3 is 2.29 bits per heavy atom. The number of β-amino-alcohol motifs (C(OH)–C–C–N with tert-alkyl or cyclic N) is 1. The summed E-state index contributed by atoms with van der Waals surface area (Å²) in [5, 5.41) is 25.1. The molecule has 7 rings (SSSR count). The number of ether oxygens (including phenoxy) is 3. The highest BCUT2D eigenvalue weighted by molar-refractivity contribution is 7.13. The lowest BCUT2D eigenvalue weighted by Gasteiger charge is -2.35. The van der Waals surface area contributed by atoms with Gasteiger partial charge in [-0.2, -0.15) is 18.3 Å². The van der Waals surface area contributed by atoms with Crippen LogP contribution in [0.15, 0.2) is 78.4 Å². The number of carbonyl (C=O) groups is 4. The third kappa shape index (κ3) is 12.5. The molecule has 1 fully saturated rings. The van der Waals surface area contributed by atoms with Crippen molar-refractivity contribution in [3.05, 3.63) is 101 Å².